The van der Waals surface area contributed by atoms with Crippen molar-refractivity contribution >= 4 is 0 Å². The van der Waals surface area contributed by atoms with Crippen LogP contribution >= 0.6 is 0 Å². The molecule has 0 aromatic heterocycles. The standard InChI is InChI=1S/3Cr.12O.2Re/q;;;;;;;;;6*-1;;. The van der Waals surface area contributed by atoms with Crippen molar-refractivity contribution in [2.75, 3.05) is 0 Å². The van der Waals surface area contributed by atoms with Gasteiger partial charge in [-0.2, -0.15) is 0 Å². The maximum absolute atomic E-state index is 8.59. The van der Waals surface area contributed by atoms with Gasteiger partial charge in [0.15, 0.2) is 0 Å². The molecule has 0 aliphatic heterocycles. The van der Waals surface area contributed by atoms with Crippen LogP contribution in [0.5, 0.6) is 0 Å². The van der Waals surface area contributed by atoms with Crippen molar-refractivity contribution in [1.82, 2.24) is 0 Å². The first-order valence-corrected chi connectivity index (χ1v) is 8.25. The van der Waals surface area contributed by atoms with Gasteiger partial charge in [0.05, 0.1) is 0 Å². The van der Waals surface area contributed by atoms with Crippen LogP contribution in [0.1, 0.15) is 0 Å². The molecule has 0 aliphatic rings. The van der Waals surface area contributed by atoms with Crippen molar-refractivity contribution in [2.24, 2.45) is 0 Å². The number of hydrogen-bond donors (Lipinski definition) is 0. The Morgan fingerprint density at radius 1 is 0.412 bits per heavy atom. The monoisotopic (exact) mass is 722 g/mol. The maximum Gasteiger partial charge on any atom is 0 e. The van der Waals surface area contributed by atoms with Crippen molar-refractivity contribution in [1.29, 1.82) is 0 Å². The Kier molecular flexibility index (Phi) is 22.9. The molecule has 17 heavy (non-hydrogen) atoms. The van der Waals surface area contributed by atoms with E-state index >= 15 is 0 Å². The average molecular weight is 720 g/mol. The van der Waals surface area contributed by atoms with E-state index < -0.39 is 40.8 Å². The molecule has 0 fully saturated rings. The summed E-state index contributed by atoms with van der Waals surface area (Å²) in [5.74, 6) is 0. The van der Waals surface area contributed by atoms with Gasteiger partial charge in [0.2, 0.25) is 0 Å². The van der Waals surface area contributed by atoms with Crippen LogP contribution in [0.3, 0.4) is 0 Å². The molecule has 0 saturated heterocycles. The molecule has 0 atom stereocenters. The zero-order valence-corrected chi connectivity index (χ0v) is 16.1. The second-order valence-corrected chi connectivity index (χ2v) is 5.05. The molecule has 0 heterocycles. The van der Waals surface area contributed by atoms with E-state index in [9.17, 15) is 0 Å². The molecule has 0 unspecified atom stereocenters. The topological polar surface area (TPSA) is 241 Å². The van der Waals surface area contributed by atoms with Gasteiger partial charge in [-0.05, 0) is 0 Å². The first kappa shape index (κ1) is 31.1. The van der Waals surface area contributed by atoms with Crippen molar-refractivity contribution in [3.05, 3.63) is 0 Å². The maximum atomic E-state index is 8.59. The van der Waals surface area contributed by atoms with Crippen molar-refractivity contribution in [3.8, 4) is 0 Å². The predicted molar refractivity (Wildman–Crippen MR) is 4.12 cm³/mol. The molecule has 0 saturated carbocycles. The molecule has 17 heteroatoms. The van der Waals surface area contributed by atoms with Crippen LogP contribution in [0.25, 0.3) is 0 Å². The molecule has 0 rings (SSSR count). The third-order valence-electron chi connectivity index (χ3n) is 0. The third-order valence-corrected chi connectivity index (χ3v) is 0. The first-order valence-electron chi connectivity index (χ1n) is 2.00. The van der Waals surface area contributed by atoms with E-state index in [1.54, 1.807) is 0 Å². The first-order chi connectivity index (χ1) is 6.00. The van der Waals surface area contributed by atoms with Gasteiger partial charge in [-0.15, -0.1) is 0 Å². The summed E-state index contributed by atoms with van der Waals surface area (Å²) in [4.78, 5) is 0. The van der Waals surface area contributed by atoms with Gasteiger partial charge in [0.25, 0.3) is 0 Å². The Morgan fingerprint density at radius 2 is 0.412 bits per heavy atom. The van der Waals surface area contributed by atoms with E-state index in [-0.39, 0.29) is 40.8 Å². The van der Waals surface area contributed by atoms with E-state index in [2.05, 4.69) is 0 Å². The SMILES string of the molecule is [O]=[Cr](=[O])([O-])[O-].[O]=[Cr](=[O])([O-])[O-].[O]=[Cr](=[O])([O-])[O-].[Re].[Re]. The Hall–Kier alpha value is 1.48. The van der Waals surface area contributed by atoms with Crippen LogP contribution < -0.4 is 24.9 Å². The minimum Gasteiger partial charge on any atom is 0 e. The Labute approximate surface area is 128 Å². The van der Waals surface area contributed by atoms with Gasteiger partial charge in [0, 0.05) is 40.8 Å². The van der Waals surface area contributed by atoms with Crippen LogP contribution in [-0.2, 0) is 105 Å². The van der Waals surface area contributed by atoms with Crippen LogP contribution in [0.15, 0.2) is 0 Å². The van der Waals surface area contributed by atoms with Crippen molar-refractivity contribution in [3.63, 3.8) is 0 Å². The van der Waals surface area contributed by atoms with E-state index in [0.717, 1.165) is 0 Å². The fraction of sp³-hybridized carbons (Fsp3) is 0. The predicted octanol–water partition coefficient (Wildman–Crippen LogP) is -7.86. The van der Waals surface area contributed by atoms with Crippen LogP contribution in [-0.4, -0.2) is 0 Å². The van der Waals surface area contributed by atoms with E-state index in [1.807, 2.05) is 0 Å². The zero-order valence-electron chi connectivity index (χ0n) is 6.88. The summed E-state index contributed by atoms with van der Waals surface area (Å²) in [6.45, 7) is 0. The molecule has 0 bridgehead atoms. The molecular weight excluding hydrogens is 720 g/mol. The number of rotatable bonds is 0. The normalized spacial score (nSPS) is 10.2. The summed E-state index contributed by atoms with van der Waals surface area (Å²) >= 11 is -17.2. The molecule has 12 nitrogen and oxygen atoms in total. The quantitative estimate of drug-likeness (QED) is 0.227. The van der Waals surface area contributed by atoms with Crippen LogP contribution in [0, 0.1) is 0 Å². The van der Waals surface area contributed by atoms with Crippen LogP contribution in [0.2, 0.25) is 0 Å². The van der Waals surface area contributed by atoms with Gasteiger partial charge in [0.1, 0.15) is 0 Å². The Morgan fingerprint density at radius 3 is 0.412 bits per heavy atom. The van der Waals surface area contributed by atoms with Gasteiger partial charge in [-0.25, -0.2) is 0 Å². The molecule has 0 aromatic carbocycles. The van der Waals surface area contributed by atoms with Crippen molar-refractivity contribution in [2.45, 2.75) is 0 Å². The molecule has 2 radical (unpaired) electrons. The van der Waals surface area contributed by atoms with E-state index in [0.29, 0.717) is 0 Å². The fourth-order valence-corrected chi connectivity index (χ4v) is 0. The molecule has 0 spiro atoms. The second-order valence-electron chi connectivity index (χ2n) is 1.22. The molecule has 110 valence electrons. The third kappa shape index (κ3) is 1910. The second kappa shape index (κ2) is 12.5. The number of hydrogen-bond acceptors (Lipinski definition) is 12. The van der Waals surface area contributed by atoms with Crippen LogP contribution in [0.4, 0.5) is 0 Å². The molecule has 0 amide bonds. The molecular formula is Cr3O12Re2-6. The van der Waals surface area contributed by atoms with Gasteiger partial charge in [-0.1, -0.05) is 0 Å². The largest absolute Gasteiger partial charge is 0 e. The Balaban J connectivity index is -0.0000000400. The Bertz CT molecular complexity index is 341. The molecule has 0 N–H and O–H groups in total. The molecule has 0 aromatic rings. The summed E-state index contributed by atoms with van der Waals surface area (Å²) in [5, 5.41) is 0. The smallest absolute Gasteiger partial charge is 0 e. The van der Waals surface area contributed by atoms with Gasteiger partial charge in [-0.3, -0.25) is 0 Å². The minimum atomic E-state index is -5.75. The van der Waals surface area contributed by atoms with Gasteiger partial charge < -0.3 is 0 Å². The summed E-state index contributed by atoms with van der Waals surface area (Å²) in [6, 6.07) is 0. The fourth-order valence-electron chi connectivity index (χ4n) is 0. The van der Waals surface area contributed by atoms with E-state index in [1.165, 1.54) is 0 Å². The molecule has 0 aliphatic carbocycles. The van der Waals surface area contributed by atoms with Gasteiger partial charge >= 0.3 is 88.6 Å². The summed E-state index contributed by atoms with van der Waals surface area (Å²) in [5.41, 5.74) is 0. The minimum absolute atomic E-state index is 0. The summed E-state index contributed by atoms with van der Waals surface area (Å²) in [6.07, 6.45) is 0. The van der Waals surface area contributed by atoms with Crippen molar-refractivity contribution < 1.29 is 129 Å². The summed E-state index contributed by atoms with van der Waals surface area (Å²) in [7, 11) is 0. The average Bonchev–Trinajstić information content (AvgIpc) is 1.41. The van der Waals surface area contributed by atoms with E-state index in [4.69, 9.17) is 47.8 Å². The summed E-state index contributed by atoms with van der Waals surface area (Å²) < 4.78 is 103. The zero-order chi connectivity index (χ0) is 13.5.